The molecular weight excluding hydrogens is 450 g/mol. The van der Waals surface area contributed by atoms with Gasteiger partial charge >= 0.3 is 0 Å². The number of hydrogen-bond acceptors (Lipinski definition) is 5. The third-order valence-corrected chi connectivity index (χ3v) is 6.56. The average Bonchev–Trinajstić information content (AvgIpc) is 3.40. The van der Waals surface area contributed by atoms with Gasteiger partial charge in [0.25, 0.3) is 5.91 Å². The van der Waals surface area contributed by atoms with E-state index in [0.29, 0.717) is 36.5 Å². The van der Waals surface area contributed by atoms with Crippen molar-refractivity contribution in [2.75, 3.05) is 13.6 Å². The van der Waals surface area contributed by atoms with E-state index in [1.807, 2.05) is 71.3 Å². The van der Waals surface area contributed by atoms with Crippen molar-refractivity contribution in [2.24, 2.45) is 11.5 Å². The number of ketones is 1. The summed E-state index contributed by atoms with van der Waals surface area (Å²) in [6, 6.07) is 21.0. The van der Waals surface area contributed by atoms with E-state index >= 15 is 0 Å². The number of carbonyl (C=O) groups is 2. The quantitative estimate of drug-likeness (QED) is 0.340. The number of imidazole rings is 1. The second kappa shape index (κ2) is 9.42. The lowest BCUT2D eigenvalue weighted by Crippen LogP contribution is -2.45. The van der Waals surface area contributed by atoms with Crippen molar-refractivity contribution in [2.45, 2.75) is 24.9 Å². The van der Waals surface area contributed by atoms with Gasteiger partial charge < -0.3 is 20.8 Å². The van der Waals surface area contributed by atoms with Crippen LogP contribution in [0.4, 0.5) is 0 Å². The minimum Gasteiger partial charge on any atom is -0.343 e. The predicted octanol–water partition coefficient (Wildman–Crippen LogP) is 2.80. The van der Waals surface area contributed by atoms with Gasteiger partial charge in [-0.1, -0.05) is 54.3 Å². The summed E-state index contributed by atoms with van der Waals surface area (Å²) in [5, 5.41) is 0. The second-order valence-electron chi connectivity index (χ2n) is 9.12. The van der Waals surface area contributed by atoms with E-state index in [0.717, 1.165) is 22.2 Å². The molecule has 0 saturated carbocycles. The summed E-state index contributed by atoms with van der Waals surface area (Å²) in [7, 11) is 1.73. The minimum atomic E-state index is -1.16. The van der Waals surface area contributed by atoms with Crippen molar-refractivity contribution in [3.63, 3.8) is 0 Å². The maximum atomic E-state index is 13.0. The number of hydrogen-bond donors (Lipinski definition) is 2. The van der Waals surface area contributed by atoms with Crippen LogP contribution in [-0.2, 0) is 17.8 Å². The van der Waals surface area contributed by atoms with Crippen LogP contribution < -0.4 is 11.5 Å². The summed E-state index contributed by atoms with van der Waals surface area (Å²) in [5.74, 6) is 6.62. The summed E-state index contributed by atoms with van der Waals surface area (Å²) in [4.78, 5) is 31.8. The number of amides is 1. The number of fused-ring (bicyclic) bond motifs is 1. The van der Waals surface area contributed by atoms with E-state index in [-0.39, 0.29) is 18.2 Å². The zero-order chi connectivity index (χ0) is 25.3. The molecule has 1 saturated heterocycles. The Bertz CT molecular complexity index is 1530. The Morgan fingerprint density at radius 2 is 1.92 bits per heavy atom. The van der Waals surface area contributed by atoms with E-state index in [1.54, 1.807) is 18.0 Å². The standard InChI is InChI=1S/C29H27N5O2/c1-33-15-13-29(31,28(33)36)12-10-21-8-5-9-23(16-21)27-24-18-22(11-14-34(24)26(19-30)32-27)25(35)17-20-6-3-2-4-7-20/h2-9,11,14,16,18H,13,15,17,19,30-31H2,1H3. The van der Waals surface area contributed by atoms with Crippen LogP contribution in [0.15, 0.2) is 72.9 Å². The lowest BCUT2D eigenvalue weighted by molar-refractivity contribution is -0.129. The SMILES string of the molecule is CN1CCC(N)(C#Cc2cccc(-c3nc(CN)n4ccc(C(=O)Cc5ccccc5)cc34)c2)C1=O. The Morgan fingerprint density at radius 3 is 2.64 bits per heavy atom. The Labute approximate surface area is 209 Å². The van der Waals surface area contributed by atoms with E-state index in [2.05, 4.69) is 11.8 Å². The zero-order valence-corrected chi connectivity index (χ0v) is 20.1. The van der Waals surface area contributed by atoms with Crippen LogP contribution in [0, 0.1) is 11.8 Å². The summed E-state index contributed by atoms with van der Waals surface area (Å²) < 4.78 is 1.91. The highest BCUT2D eigenvalue weighted by atomic mass is 16.2. The topological polar surface area (TPSA) is 107 Å². The average molecular weight is 478 g/mol. The van der Waals surface area contributed by atoms with Gasteiger partial charge in [-0.05, 0) is 29.8 Å². The first-order valence-electron chi connectivity index (χ1n) is 11.8. The fourth-order valence-electron chi connectivity index (χ4n) is 4.50. The first-order valence-corrected chi connectivity index (χ1v) is 11.8. The normalized spacial score (nSPS) is 17.3. The third kappa shape index (κ3) is 4.40. The molecule has 1 amide bonds. The lowest BCUT2D eigenvalue weighted by atomic mass is 9.99. The lowest BCUT2D eigenvalue weighted by Gasteiger charge is -2.14. The monoisotopic (exact) mass is 477 g/mol. The van der Waals surface area contributed by atoms with Gasteiger partial charge in [0.2, 0.25) is 0 Å². The Morgan fingerprint density at radius 1 is 1.11 bits per heavy atom. The van der Waals surface area contributed by atoms with Crippen molar-refractivity contribution >= 4 is 17.2 Å². The first-order chi connectivity index (χ1) is 17.4. The van der Waals surface area contributed by atoms with Crippen LogP contribution in [0.2, 0.25) is 0 Å². The van der Waals surface area contributed by atoms with Crippen LogP contribution in [0.5, 0.6) is 0 Å². The van der Waals surface area contributed by atoms with E-state index in [9.17, 15) is 9.59 Å². The Hall–Kier alpha value is -4.25. The fraction of sp³-hybridized carbons (Fsp3) is 0.207. The number of rotatable bonds is 5. The van der Waals surface area contributed by atoms with Gasteiger partial charge in [-0.2, -0.15) is 0 Å². The minimum absolute atomic E-state index is 0.0317. The molecule has 1 atom stereocenters. The zero-order valence-electron chi connectivity index (χ0n) is 20.1. The second-order valence-corrected chi connectivity index (χ2v) is 9.12. The molecule has 2 aromatic heterocycles. The van der Waals surface area contributed by atoms with Gasteiger partial charge in [0.1, 0.15) is 5.82 Å². The molecule has 1 aliphatic heterocycles. The highest BCUT2D eigenvalue weighted by Gasteiger charge is 2.40. The van der Waals surface area contributed by atoms with Crippen LogP contribution in [0.1, 0.15) is 33.7 Å². The molecule has 3 heterocycles. The van der Waals surface area contributed by atoms with Gasteiger partial charge in [0.15, 0.2) is 11.3 Å². The third-order valence-electron chi connectivity index (χ3n) is 6.56. The number of pyridine rings is 1. The number of carbonyl (C=O) groups excluding carboxylic acids is 2. The smallest absolute Gasteiger partial charge is 0.254 e. The number of Topliss-reactive ketones (excluding diaryl/α,β-unsaturated/α-hetero) is 1. The summed E-state index contributed by atoms with van der Waals surface area (Å²) in [5.41, 5.74) is 15.7. The molecule has 0 radical (unpaired) electrons. The molecule has 0 bridgehead atoms. The highest BCUT2D eigenvalue weighted by Crippen LogP contribution is 2.27. The molecule has 0 spiro atoms. The van der Waals surface area contributed by atoms with E-state index in [1.165, 1.54) is 0 Å². The number of nitrogens with zero attached hydrogens (tertiary/aromatic N) is 3. The molecule has 0 aliphatic carbocycles. The van der Waals surface area contributed by atoms with Crippen molar-refractivity contribution in [1.29, 1.82) is 0 Å². The van der Waals surface area contributed by atoms with Crippen LogP contribution >= 0.6 is 0 Å². The Balaban J connectivity index is 1.51. The molecule has 7 heteroatoms. The number of likely N-dealkylation sites (tertiary alicyclic amines) is 1. The fourth-order valence-corrected chi connectivity index (χ4v) is 4.50. The molecule has 180 valence electrons. The predicted molar refractivity (Wildman–Crippen MR) is 139 cm³/mol. The van der Waals surface area contributed by atoms with Gasteiger partial charge in [-0.15, -0.1) is 0 Å². The number of benzene rings is 2. The highest BCUT2D eigenvalue weighted by molar-refractivity contribution is 5.99. The molecule has 4 N–H and O–H groups in total. The van der Waals surface area contributed by atoms with Crippen LogP contribution in [0.25, 0.3) is 16.8 Å². The van der Waals surface area contributed by atoms with Crippen LogP contribution in [0.3, 0.4) is 0 Å². The molecule has 5 rings (SSSR count). The van der Waals surface area contributed by atoms with Gasteiger partial charge in [0.05, 0.1) is 17.8 Å². The number of nitrogens with two attached hydrogens (primary N) is 2. The maximum absolute atomic E-state index is 13.0. The van der Waals surface area contributed by atoms with E-state index in [4.69, 9.17) is 16.5 Å². The largest absolute Gasteiger partial charge is 0.343 e. The van der Waals surface area contributed by atoms with Gasteiger partial charge in [0, 0.05) is 49.3 Å². The molecule has 2 aromatic carbocycles. The van der Waals surface area contributed by atoms with Crippen LogP contribution in [-0.4, -0.2) is 45.1 Å². The van der Waals surface area contributed by atoms with Crippen molar-refractivity contribution in [3.8, 4) is 23.1 Å². The summed E-state index contributed by atoms with van der Waals surface area (Å²) in [6.45, 7) is 0.848. The molecule has 7 nitrogen and oxygen atoms in total. The van der Waals surface area contributed by atoms with Gasteiger partial charge in [-0.25, -0.2) is 4.98 Å². The van der Waals surface area contributed by atoms with Crippen molar-refractivity contribution in [3.05, 3.63) is 95.4 Å². The molecule has 4 aromatic rings. The summed E-state index contributed by atoms with van der Waals surface area (Å²) in [6.07, 6.45) is 2.67. The molecule has 1 aliphatic rings. The molecule has 1 unspecified atom stereocenters. The van der Waals surface area contributed by atoms with Gasteiger partial charge in [-0.3, -0.25) is 9.59 Å². The van der Waals surface area contributed by atoms with Crippen molar-refractivity contribution in [1.82, 2.24) is 14.3 Å². The number of aromatic nitrogens is 2. The number of likely N-dealkylation sites (N-methyl/N-ethyl adjacent to an activating group) is 1. The van der Waals surface area contributed by atoms with E-state index < -0.39 is 5.54 Å². The maximum Gasteiger partial charge on any atom is 0.254 e. The van der Waals surface area contributed by atoms with Crippen molar-refractivity contribution < 1.29 is 9.59 Å². The first kappa shape index (κ1) is 23.5. The Kier molecular flexibility index (Phi) is 6.15. The molecule has 36 heavy (non-hydrogen) atoms. The molecule has 1 fully saturated rings. The molecular formula is C29H27N5O2. The summed E-state index contributed by atoms with van der Waals surface area (Å²) >= 11 is 0.